The maximum Gasteiger partial charge on any atom is 0.276 e. The first kappa shape index (κ1) is 19.7. The number of non-ortho nitro benzene ring substituents is 1. The molecule has 3 rings (SSSR count). The highest BCUT2D eigenvalue weighted by Gasteiger charge is 2.14. The Labute approximate surface area is 169 Å². The third-order valence-corrected chi connectivity index (χ3v) is 4.32. The molecule has 1 aromatic heterocycles. The minimum atomic E-state index is -0.493. The minimum Gasteiger partial charge on any atom is -0.470 e. The van der Waals surface area contributed by atoms with Crippen molar-refractivity contribution in [1.29, 1.82) is 0 Å². The van der Waals surface area contributed by atoms with E-state index in [1.807, 2.05) is 0 Å². The first-order chi connectivity index (χ1) is 13.3. The number of nitrogens with one attached hydrogen (secondary N) is 1. The van der Waals surface area contributed by atoms with Crippen LogP contribution in [-0.2, 0) is 6.73 Å². The Kier molecular flexibility index (Phi) is 5.81. The molecule has 0 bridgehead atoms. The summed E-state index contributed by atoms with van der Waals surface area (Å²) in [5.41, 5.74) is 1.17. The first-order valence-electron chi connectivity index (χ1n) is 8.01. The van der Waals surface area contributed by atoms with Gasteiger partial charge in [-0.15, -0.1) is 0 Å². The molecule has 0 unspecified atom stereocenters. The van der Waals surface area contributed by atoms with Gasteiger partial charge in [0.2, 0.25) is 0 Å². The Morgan fingerprint density at radius 3 is 2.71 bits per heavy atom. The molecule has 0 aliphatic heterocycles. The largest absolute Gasteiger partial charge is 0.470 e. The van der Waals surface area contributed by atoms with Crippen molar-refractivity contribution < 1.29 is 14.5 Å². The maximum absolute atomic E-state index is 12.4. The van der Waals surface area contributed by atoms with E-state index in [1.165, 1.54) is 28.9 Å². The van der Waals surface area contributed by atoms with E-state index in [0.717, 1.165) is 0 Å². The lowest BCUT2D eigenvalue weighted by Crippen LogP contribution is -2.15. The van der Waals surface area contributed by atoms with E-state index < -0.39 is 10.8 Å². The number of nitrogens with zero attached hydrogens (tertiary/aromatic N) is 3. The van der Waals surface area contributed by atoms with Crippen LogP contribution < -0.4 is 10.1 Å². The molecule has 2 aromatic carbocycles. The summed E-state index contributed by atoms with van der Waals surface area (Å²) in [6.45, 7) is 1.72. The van der Waals surface area contributed by atoms with Crippen LogP contribution >= 0.6 is 23.2 Å². The summed E-state index contributed by atoms with van der Waals surface area (Å²) in [6, 6.07) is 10.6. The standard InChI is InChI=1S/C18H14Cl2N4O4/c1-11-8-13(24(26)27)3-4-15(11)21-18(25)16-6-7-23(22-16)10-28-17-5-2-12(19)9-14(17)20/h2-9H,10H2,1H3,(H,21,25). The Morgan fingerprint density at radius 1 is 1.25 bits per heavy atom. The summed E-state index contributed by atoms with van der Waals surface area (Å²) < 4.78 is 6.99. The second kappa shape index (κ2) is 8.28. The minimum absolute atomic E-state index is 0.0437. The predicted molar refractivity (Wildman–Crippen MR) is 105 cm³/mol. The number of carbonyl (C=O) groups excluding carboxylic acids is 1. The number of benzene rings is 2. The van der Waals surface area contributed by atoms with Gasteiger partial charge >= 0.3 is 0 Å². The smallest absolute Gasteiger partial charge is 0.276 e. The Bertz CT molecular complexity index is 1050. The third kappa shape index (κ3) is 4.59. The Hall–Kier alpha value is -3.10. The van der Waals surface area contributed by atoms with Crippen molar-refractivity contribution in [2.75, 3.05) is 5.32 Å². The van der Waals surface area contributed by atoms with Crippen LogP contribution in [0.2, 0.25) is 10.0 Å². The molecule has 0 fully saturated rings. The molecule has 144 valence electrons. The number of aromatic nitrogens is 2. The summed E-state index contributed by atoms with van der Waals surface area (Å²) in [5, 5.41) is 18.5. The van der Waals surface area contributed by atoms with E-state index >= 15 is 0 Å². The molecule has 1 N–H and O–H groups in total. The van der Waals surface area contributed by atoms with Gasteiger partial charge in [-0.25, -0.2) is 4.68 Å². The fourth-order valence-electron chi connectivity index (χ4n) is 2.37. The molecule has 0 saturated carbocycles. The molecule has 0 saturated heterocycles. The number of anilines is 1. The third-order valence-electron chi connectivity index (χ3n) is 3.79. The van der Waals surface area contributed by atoms with Crippen molar-refractivity contribution >= 4 is 40.5 Å². The normalized spacial score (nSPS) is 10.5. The predicted octanol–water partition coefficient (Wildman–Crippen LogP) is 4.70. The van der Waals surface area contributed by atoms with Crippen LogP contribution in [0.4, 0.5) is 11.4 Å². The van der Waals surface area contributed by atoms with Gasteiger partial charge in [0.15, 0.2) is 12.4 Å². The van der Waals surface area contributed by atoms with Crippen molar-refractivity contribution in [2.45, 2.75) is 13.7 Å². The molecule has 10 heteroatoms. The zero-order chi connectivity index (χ0) is 20.3. The summed E-state index contributed by atoms with van der Waals surface area (Å²) >= 11 is 11.9. The number of carbonyl (C=O) groups is 1. The van der Waals surface area contributed by atoms with Gasteiger partial charge in [0.25, 0.3) is 11.6 Å². The molecular formula is C18H14Cl2N4O4. The number of hydrogen-bond donors (Lipinski definition) is 1. The Morgan fingerprint density at radius 2 is 2.04 bits per heavy atom. The fourth-order valence-corrected chi connectivity index (χ4v) is 2.83. The van der Waals surface area contributed by atoms with Crippen LogP contribution in [0.1, 0.15) is 16.1 Å². The average molecular weight is 421 g/mol. The number of rotatable bonds is 6. The second-order valence-electron chi connectivity index (χ2n) is 5.80. The van der Waals surface area contributed by atoms with Gasteiger partial charge in [0, 0.05) is 29.0 Å². The lowest BCUT2D eigenvalue weighted by Gasteiger charge is -2.08. The van der Waals surface area contributed by atoms with E-state index in [2.05, 4.69) is 10.4 Å². The van der Waals surface area contributed by atoms with E-state index in [9.17, 15) is 14.9 Å². The second-order valence-corrected chi connectivity index (χ2v) is 6.64. The highest BCUT2D eigenvalue weighted by molar-refractivity contribution is 6.35. The maximum atomic E-state index is 12.4. The molecule has 0 atom stereocenters. The highest BCUT2D eigenvalue weighted by Crippen LogP contribution is 2.27. The molecular weight excluding hydrogens is 407 g/mol. The van der Waals surface area contributed by atoms with Crippen LogP contribution in [-0.4, -0.2) is 20.6 Å². The molecule has 8 nitrogen and oxygen atoms in total. The van der Waals surface area contributed by atoms with Crippen molar-refractivity contribution in [3.63, 3.8) is 0 Å². The van der Waals surface area contributed by atoms with Gasteiger partial charge in [0.1, 0.15) is 5.75 Å². The van der Waals surface area contributed by atoms with Gasteiger partial charge in [-0.2, -0.15) is 5.10 Å². The van der Waals surface area contributed by atoms with Crippen molar-refractivity contribution in [3.05, 3.63) is 80.1 Å². The molecule has 0 aliphatic carbocycles. The van der Waals surface area contributed by atoms with E-state index in [1.54, 1.807) is 31.3 Å². The number of halogens is 2. The summed E-state index contributed by atoms with van der Waals surface area (Å²) in [5.74, 6) is -0.00528. The molecule has 0 radical (unpaired) electrons. The van der Waals surface area contributed by atoms with Gasteiger partial charge in [0.05, 0.1) is 9.95 Å². The van der Waals surface area contributed by atoms with E-state index in [0.29, 0.717) is 27.0 Å². The van der Waals surface area contributed by atoms with Gasteiger partial charge in [-0.3, -0.25) is 14.9 Å². The van der Waals surface area contributed by atoms with Crippen LogP contribution in [0.3, 0.4) is 0 Å². The molecule has 1 heterocycles. The summed E-state index contributed by atoms with van der Waals surface area (Å²) in [4.78, 5) is 22.7. The number of hydrogen-bond acceptors (Lipinski definition) is 5. The monoisotopic (exact) mass is 420 g/mol. The fraction of sp³-hybridized carbons (Fsp3) is 0.111. The number of nitro benzene ring substituents is 1. The summed E-state index contributed by atoms with van der Waals surface area (Å²) in [6.07, 6.45) is 1.58. The topological polar surface area (TPSA) is 99.3 Å². The number of nitro groups is 1. The lowest BCUT2D eigenvalue weighted by molar-refractivity contribution is -0.384. The van der Waals surface area contributed by atoms with E-state index in [4.69, 9.17) is 27.9 Å². The van der Waals surface area contributed by atoms with Crippen molar-refractivity contribution in [1.82, 2.24) is 9.78 Å². The molecule has 28 heavy (non-hydrogen) atoms. The summed E-state index contributed by atoms with van der Waals surface area (Å²) in [7, 11) is 0. The van der Waals surface area contributed by atoms with Crippen LogP contribution in [0.5, 0.6) is 5.75 Å². The average Bonchev–Trinajstić information content (AvgIpc) is 3.11. The first-order valence-corrected chi connectivity index (χ1v) is 8.77. The van der Waals surface area contributed by atoms with Gasteiger partial charge in [-0.05, 0) is 42.8 Å². The van der Waals surface area contributed by atoms with Crippen molar-refractivity contribution in [2.24, 2.45) is 0 Å². The van der Waals surface area contributed by atoms with Crippen LogP contribution in [0.25, 0.3) is 0 Å². The number of ether oxygens (including phenoxy) is 1. The Balaban J connectivity index is 1.64. The SMILES string of the molecule is Cc1cc([N+](=O)[O-])ccc1NC(=O)c1ccn(COc2ccc(Cl)cc2Cl)n1. The number of aryl methyl sites for hydroxylation is 1. The van der Waals surface area contributed by atoms with Crippen molar-refractivity contribution in [3.8, 4) is 5.75 Å². The van der Waals surface area contributed by atoms with E-state index in [-0.39, 0.29) is 18.1 Å². The quantitative estimate of drug-likeness (QED) is 0.460. The molecule has 3 aromatic rings. The molecule has 0 spiro atoms. The molecule has 1 amide bonds. The lowest BCUT2D eigenvalue weighted by atomic mass is 10.1. The number of amides is 1. The molecule has 0 aliphatic rings. The van der Waals surface area contributed by atoms with Crippen LogP contribution in [0, 0.1) is 17.0 Å². The van der Waals surface area contributed by atoms with Gasteiger partial charge in [-0.1, -0.05) is 23.2 Å². The van der Waals surface area contributed by atoms with Gasteiger partial charge < -0.3 is 10.1 Å². The highest BCUT2D eigenvalue weighted by atomic mass is 35.5. The van der Waals surface area contributed by atoms with Crippen LogP contribution in [0.15, 0.2) is 48.7 Å². The zero-order valence-electron chi connectivity index (χ0n) is 14.6. The zero-order valence-corrected chi connectivity index (χ0v) is 16.1.